The highest BCUT2D eigenvalue weighted by molar-refractivity contribution is 8.01. The summed E-state index contributed by atoms with van der Waals surface area (Å²) in [6, 6.07) is 18.2. The Kier molecular flexibility index (Phi) is 7.46. The molecule has 0 atom stereocenters. The Morgan fingerprint density at radius 1 is 1.21 bits per heavy atom. The fourth-order valence-corrected chi connectivity index (χ4v) is 5.12. The monoisotopic (exact) mass is 444 g/mol. The lowest BCUT2D eigenvalue weighted by molar-refractivity contribution is -0.113. The van der Waals surface area contributed by atoms with Crippen LogP contribution in [0.2, 0.25) is 0 Å². The van der Waals surface area contributed by atoms with E-state index in [2.05, 4.69) is 36.1 Å². The fourth-order valence-electron chi connectivity index (χ4n) is 2.96. The van der Waals surface area contributed by atoms with Crippen LogP contribution >= 0.6 is 35.3 Å². The fraction of sp³-hybridized carbons (Fsp3) is 0.286. The Hall–Kier alpha value is -2.16. The van der Waals surface area contributed by atoms with Gasteiger partial charge in [-0.05, 0) is 69.4 Å². The van der Waals surface area contributed by atoms with E-state index in [1.807, 2.05) is 54.6 Å². The average Bonchev–Trinajstić information content (AvgIpc) is 3.09. The van der Waals surface area contributed by atoms with Gasteiger partial charge < -0.3 is 10.2 Å². The molecule has 0 unspecified atom stereocenters. The minimum Gasteiger partial charge on any atom is -0.369 e. The maximum absolute atomic E-state index is 12.3. The predicted octanol–water partition coefficient (Wildman–Crippen LogP) is 5.63. The van der Waals surface area contributed by atoms with Crippen molar-refractivity contribution in [2.45, 2.75) is 31.2 Å². The standard InChI is InChI=1S/C21H24N4OS3/c1-4-24(15(2)3)17-12-10-16(11-13-17)22-19(26)14-28-20-23-25(21(27)29-20)18-8-6-5-7-9-18/h5-13,15H,4,14H2,1-3H3,(H,22,26). The van der Waals surface area contributed by atoms with E-state index in [4.69, 9.17) is 12.2 Å². The van der Waals surface area contributed by atoms with Crippen LogP contribution in [0.4, 0.5) is 11.4 Å². The van der Waals surface area contributed by atoms with Crippen LogP contribution in [0.3, 0.4) is 0 Å². The van der Waals surface area contributed by atoms with Gasteiger partial charge in [-0.1, -0.05) is 41.3 Å². The van der Waals surface area contributed by atoms with Gasteiger partial charge in [-0.15, -0.1) is 5.10 Å². The first-order valence-electron chi connectivity index (χ1n) is 9.43. The molecule has 152 valence electrons. The smallest absolute Gasteiger partial charge is 0.234 e. The lowest BCUT2D eigenvalue weighted by atomic mass is 10.2. The highest BCUT2D eigenvalue weighted by Gasteiger charge is 2.11. The first-order chi connectivity index (χ1) is 14.0. The Balaban J connectivity index is 1.57. The van der Waals surface area contributed by atoms with Gasteiger partial charge in [0.1, 0.15) is 0 Å². The van der Waals surface area contributed by atoms with Crippen LogP contribution in [0, 0.1) is 3.95 Å². The van der Waals surface area contributed by atoms with E-state index < -0.39 is 0 Å². The van der Waals surface area contributed by atoms with Crippen LogP contribution in [-0.2, 0) is 4.79 Å². The number of aromatic nitrogens is 2. The average molecular weight is 445 g/mol. The third kappa shape index (κ3) is 5.68. The van der Waals surface area contributed by atoms with Gasteiger partial charge in [0, 0.05) is 24.0 Å². The summed E-state index contributed by atoms with van der Waals surface area (Å²) < 4.78 is 3.17. The molecule has 8 heteroatoms. The van der Waals surface area contributed by atoms with Crippen LogP contribution in [0.25, 0.3) is 5.69 Å². The number of anilines is 2. The van der Waals surface area contributed by atoms with E-state index in [1.165, 1.54) is 23.1 Å². The molecule has 0 aliphatic heterocycles. The molecular formula is C21H24N4OS3. The molecule has 0 fully saturated rings. The van der Waals surface area contributed by atoms with Crippen molar-refractivity contribution >= 4 is 52.6 Å². The summed E-state index contributed by atoms with van der Waals surface area (Å²) in [7, 11) is 0. The van der Waals surface area contributed by atoms with Crippen LogP contribution in [0.1, 0.15) is 20.8 Å². The van der Waals surface area contributed by atoms with E-state index in [-0.39, 0.29) is 11.7 Å². The van der Waals surface area contributed by atoms with Gasteiger partial charge in [-0.3, -0.25) is 4.79 Å². The number of hydrogen-bond acceptors (Lipinski definition) is 6. The molecule has 1 heterocycles. The highest BCUT2D eigenvalue weighted by Crippen LogP contribution is 2.25. The molecular weight excluding hydrogens is 420 g/mol. The summed E-state index contributed by atoms with van der Waals surface area (Å²) in [5.41, 5.74) is 2.87. The predicted molar refractivity (Wildman–Crippen MR) is 126 cm³/mol. The van der Waals surface area contributed by atoms with Crippen molar-refractivity contribution in [2.24, 2.45) is 0 Å². The van der Waals surface area contributed by atoms with Gasteiger partial charge in [-0.25, -0.2) is 4.68 Å². The zero-order valence-electron chi connectivity index (χ0n) is 16.7. The molecule has 5 nitrogen and oxygen atoms in total. The molecule has 29 heavy (non-hydrogen) atoms. The van der Waals surface area contributed by atoms with Crippen molar-refractivity contribution in [3.05, 3.63) is 58.6 Å². The third-order valence-corrected chi connectivity index (χ3v) is 6.67. The van der Waals surface area contributed by atoms with Crippen molar-refractivity contribution in [3.63, 3.8) is 0 Å². The van der Waals surface area contributed by atoms with Crippen LogP contribution in [-0.4, -0.2) is 34.0 Å². The second-order valence-corrected chi connectivity index (χ2v) is 9.49. The number of nitrogens with one attached hydrogen (secondary N) is 1. The summed E-state index contributed by atoms with van der Waals surface area (Å²) in [5, 5.41) is 7.47. The zero-order valence-corrected chi connectivity index (χ0v) is 19.1. The Labute approximate surface area is 184 Å². The summed E-state index contributed by atoms with van der Waals surface area (Å²) in [5.74, 6) is 0.220. The van der Waals surface area contributed by atoms with E-state index >= 15 is 0 Å². The SMILES string of the molecule is CCN(c1ccc(NC(=O)CSc2nn(-c3ccccc3)c(=S)s2)cc1)C(C)C. The largest absolute Gasteiger partial charge is 0.369 e. The molecule has 3 aromatic rings. The number of para-hydroxylation sites is 1. The van der Waals surface area contributed by atoms with Gasteiger partial charge in [0.2, 0.25) is 5.91 Å². The number of amides is 1. The number of hydrogen-bond donors (Lipinski definition) is 1. The second-order valence-electron chi connectivity index (χ2n) is 6.64. The van der Waals surface area contributed by atoms with Crippen molar-refractivity contribution in [2.75, 3.05) is 22.5 Å². The molecule has 0 radical (unpaired) electrons. The molecule has 3 rings (SSSR count). The number of thioether (sulfide) groups is 1. The van der Waals surface area contributed by atoms with E-state index in [0.717, 1.165) is 27.9 Å². The van der Waals surface area contributed by atoms with Gasteiger partial charge >= 0.3 is 0 Å². The maximum atomic E-state index is 12.3. The first-order valence-corrected chi connectivity index (χ1v) is 11.6. The van der Waals surface area contributed by atoms with Crippen molar-refractivity contribution in [1.29, 1.82) is 0 Å². The molecule has 1 N–H and O–H groups in total. The first kappa shape index (κ1) is 21.5. The van der Waals surface area contributed by atoms with Crippen molar-refractivity contribution in [3.8, 4) is 5.69 Å². The number of benzene rings is 2. The molecule has 0 saturated carbocycles. The van der Waals surface area contributed by atoms with Crippen molar-refractivity contribution < 1.29 is 4.79 Å². The molecule has 0 aliphatic rings. The van der Waals surface area contributed by atoms with Crippen LogP contribution < -0.4 is 10.2 Å². The van der Waals surface area contributed by atoms with Crippen LogP contribution in [0.5, 0.6) is 0 Å². The van der Waals surface area contributed by atoms with Gasteiger partial charge in [-0.2, -0.15) is 0 Å². The molecule has 0 spiro atoms. The lowest BCUT2D eigenvalue weighted by Gasteiger charge is -2.27. The third-order valence-electron chi connectivity index (χ3n) is 4.30. The summed E-state index contributed by atoms with van der Waals surface area (Å²) in [6.07, 6.45) is 0. The van der Waals surface area contributed by atoms with Crippen LogP contribution in [0.15, 0.2) is 58.9 Å². The number of nitrogens with zero attached hydrogens (tertiary/aromatic N) is 3. The Morgan fingerprint density at radius 3 is 2.52 bits per heavy atom. The Bertz CT molecular complexity index is 997. The minimum absolute atomic E-state index is 0.0636. The van der Waals surface area contributed by atoms with Gasteiger partial charge in [0.15, 0.2) is 8.29 Å². The second kappa shape index (κ2) is 10.0. The topological polar surface area (TPSA) is 50.2 Å². The van der Waals surface area contributed by atoms with Crippen molar-refractivity contribution in [1.82, 2.24) is 9.78 Å². The highest BCUT2D eigenvalue weighted by atomic mass is 32.2. The number of rotatable bonds is 8. The van der Waals surface area contributed by atoms with E-state index in [0.29, 0.717) is 10.00 Å². The maximum Gasteiger partial charge on any atom is 0.234 e. The number of carbonyl (C=O) groups excluding carboxylic acids is 1. The van der Waals surface area contributed by atoms with E-state index in [9.17, 15) is 4.79 Å². The number of carbonyl (C=O) groups is 1. The molecule has 1 amide bonds. The van der Waals surface area contributed by atoms with Gasteiger partial charge in [0.05, 0.1) is 11.4 Å². The quantitative estimate of drug-likeness (QED) is 0.360. The molecule has 1 aromatic heterocycles. The normalized spacial score (nSPS) is 10.9. The zero-order chi connectivity index (χ0) is 20.8. The Morgan fingerprint density at radius 2 is 1.90 bits per heavy atom. The van der Waals surface area contributed by atoms with Gasteiger partial charge in [0.25, 0.3) is 0 Å². The summed E-state index contributed by atoms with van der Waals surface area (Å²) in [6.45, 7) is 7.43. The minimum atomic E-state index is -0.0636. The molecule has 0 saturated heterocycles. The summed E-state index contributed by atoms with van der Waals surface area (Å²) >= 11 is 8.21. The molecule has 2 aromatic carbocycles. The molecule has 0 bridgehead atoms. The molecule has 0 aliphatic carbocycles. The lowest BCUT2D eigenvalue weighted by Crippen LogP contribution is -2.30. The summed E-state index contributed by atoms with van der Waals surface area (Å²) in [4.78, 5) is 14.6. The van der Waals surface area contributed by atoms with E-state index in [1.54, 1.807) is 4.68 Å².